The van der Waals surface area contributed by atoms with E-state index in [2.05, 4.69) is 40.1 Å². The fourth-order valence-electron chi connectivity index (χ4n) is 3.85. The summed E-state index contributed by atoms with van der Waals surface area (Å²) in [4.78, 5) is 5.06. The van der Waals surface area contributed by atoms with Gasteiger partial charge in [-0.1, -0.05) is 66.0 Å². The van der Waals surface area contributed by atoms with E-state index in [1.807, 2.05) is 12.1 Å². The molecule has 1 aliphatic rings. The van der Waals surface area contributed by atoms with E-state index in [1.165, 1.54) is 44.5 Å². The summed E-state index contributed by atoms with van der Waals surface area (Å²) >= 11 is 12.9. The van der Waals surface area contributed by atoms with Gasteiger partial charge in [-0.3, -0.25) is 4.90 Å². The minimum atomic E-state index is 0.495. The van der Waals surface area contributed by atoms with Crippen molar-refractivity contribution >= 4 is 23.2 Å². The third-order valence-corrected chi connectivity index (χ3v) is 6.29. The fraction of sp³-hybridized carbons (Fsp3) is 0.478. The van der Waals surface area contributed by atoms with Gasteiger partial charge in [0.25, 0.3) is 0 Å². The summed E-state index contributed by atoms with van der Waals surface area (Å²) < 4.78 is 5.28. The molecule has 0 amide bonds. The molecule has 1 saturated heterocycles. The van der Waals surface area contributed by atoms with E-state index in [-0.39, 0.29) is 0 Å². The van der Waals surface area contributed by atoms with Crippen LogP contribution in [-0.2, 0) is 13.1 Å². The maximum atomic E-state index is 6.53. The van der Waals surface area contributed by atoms with Crippen LogP contribution in [0.25, 0.3) is 0 Å². The minimum absolute atomic E-state index is 0.495. The molecule has 0 aliphatic carbocycles. The van der Waals surface area contributed by atoms with E-state index in [0.29, 0.717) is 15.8 Å². The summed E-state index contributed by atoms with van der Waals surface area (Å²) in [6.07, 6.45) is 5.23. The van der Waals surface area contributed by atoms with Gasteiger partial charge in [-0.15, -0.1) is 0 Å². The molecule has 0 atom stereocenters. The molecule has 2 aromatic rings. The highest BCUT2D eigenvalue weighted by molar-refractivity contribution is 6.43. The van der Waals surface area contributed by atoms with Crippen LogP contribution in [-0.4, -0.2) is 43.1 Å². The van der Waals surface area contributed by atoms with Gasteiger partial charge < -0.3 is 9.64 Å². The number of hydrogen-bond acceptors (Lipinski definition) is 3. The van der Waals surface area contributed by atoms with Crippen LogP contribution in [0.4, 0.5) is 0 Å². The lowest BCUT2D eigenvalue weighted by molar-refractivity contribution is 0.196. The van der Waals surface area contributed by atoms with E-state index in [4.69, 9.17) is 27.9 Å². The number of nitrogens with zero attached hydrogens (tertiary/aromatic N) is 2. The molecule has 0 saturated carbocycles. The molecule has 3 nitrogen and oxygen atoms in total. The first-order valence-electron chi connectivity index (χ1n) is 10.2. The van der Waals surface area contributed by atoms with Gasteiger partial charge in [-0.05, 0) is 56.1 Å². The Labute approximate surface area is 179 Å². The van der Waals surface area contributed by atoms with Crippen LogP contribution >= 0.6 is 23.2 Å². The van der Waals surface area contributed by atoms with E-state index in [1.54, 1.807) is 7.11 Å². The monoisotopic (exact) mass is 420 g/mol. The topological polar surface area (TPSA) is 15.7 Å². The summed E-state index contributed by atoms with van der Waals surface area (Å²) in [5.74, 6) is 0.620. The van der Waals surface area contributed by atoms with Gasteiger partial charge in [0.05, 0.1) is 12.1 Å². The van der Waals surface area contributed by atoms with Crippen molar-refractivity contribution in [3.63, 3.8) is 0 Å². The molecular formula is C23H30Cl2N2O. The second-order valence-corrected chi connectivity index (χ2v) is 8.26. The summed E-state index contributed by atoms with van der Waals surface area (Å²) in [6, 6.07) is 14.5. The van der Waals surface area contributed by atoms with Crippen LogP contribution in [0.15, 0.2) is 42.5 Å². The Balaban J connectivity index is 1.66. The second kappa shape index (κ2) is 11.1. The first kappa shape index (κ1) is 21.4. The zero-order valence-corrected chi connectivity index (χ0v) is 18.2. The SMILES string of the molecule is COc1ccc(CN(CCCN2CCCCC2)Cc2ccccc2)c(Cl)c1Cl. The third kappa shape index (κ3) is 6.12. The summed E-state index contributed by atoms with van der Waals surface area (Å²) in [6.45, 7) is 6.38. The largest absolute Gasteiger partial charge is 0.495 e. The molecule has 2 aromatic carbocycles. The molecule has 0 spiro atoms. The third-order valence-electron chi connectivity index (χ3n) is 5.39. The molecule has 0 bridgehead atoms. The quantitative estimate of drug-likeness (QED) is 0.503. The van der Waals surface area contributed by atoms with Gasteiger partial charge in [0, 0.05) is 19.6 Å². The van der Waals surface area contributed by atoms with E-state index < -0.39 is 0 Å². The molecule has 152 valence electrons. The lowest BCUT2D eigenvalue weighted by atomic mass is 10.1. The number of methoxy groups -OCH3 is 1. The Morgan fingerprint density at radius 3 is 2.39 bits per heavy atom. The molecular weight excluding hydrogens is 391 g/mol. The highest BCUT2D eigenvalue weighted by atomic mass is 35.5. The van der Waals surface area contributed by atoms with E-state index in [0.717, 1.165) is 31.6 Å². The van der Waals surface area contributed by atoms with Crippen molar-refractivity contribution < 1.29 is 4.74 Å². The Hall–Kier alpha value is -1.26. The highest BCUT2D eigenvalue weighted by Crippen LogP contribution is 2.35. The van der Waals surface area contributed by atoms with E-state index >= 15 is 0 Å². The molecule has 28 heavy (non-hydrogen) atoms. The zero-order valence-electron chi connectivity index (χ0n) is 16.7. The van der Waals surface area contributed by atoms with Crippen LogP contribution < -0.4 is 4.74 Å². The van der Waals surface area contributed by atoms with Crippen LogP contribution in [0, 0.1) is 0 Å². The summed E-state index contributed by atoms with van der Waals surface area (Å²) in [5, 5.41) is 1.09. The molecule has 5 heteroatoms. The van der Waals surface area contributed by atoms with Gasteiger partial charge in [0.2, 0.25) is 0 Å². The Kier molecular flexibility index (Phi) is 8.47. The highest BCUT2D eigenvalue weighted by Gasteiger charge is 2.15. The number of benzene rings is 2. The smallest absolute Gasteiger partial charge is 0.138 e. The lowest BCUT2D eigenvalue weighted by Gasteiger charge is -2.28. The van der Waals surface area contributed by atoms with Crippen molar-refractivity contribution in [2.75, 3.05) is 33.3 Å². The maximum Gasteiger partial charge on any atom is 0.138 e. The average Bonchev–Trinajstić information content (AvgIpc) is 2.73. The van der Waals surface area contributed by atoms with Crippen molar-refractivity contribution in [2.24, 2.45) is 0 Å². The summed E-state index contributed by atoms with van der Waals surface area (Å²) in [7, 11) is 1.61. The van der Waals surface area contributed by atoms with Gasteiger partial charge in [0.15, 0.2) is 0 Å². The van der Waals surface area contributed by atoms with Crippen LogP contribution in [0.5, 0.6) is 5.75 Å². The standard InChI is InChI=1S/C23H30Cl2N2O/c1-28-21-12-11-20(22(24)23(21)25)18-27(17-19-9-4-2-5-10-19)16-8-15-26-13-6-3-7-14-26/h2,4-5,9-12H,3,6-8,13-18H2,1H3. The normalized spacial score (nSPS) is 15.1. The van der Waals surface area contributed by atoms with E-state index in [9.17, 15) is 0 Å². The molecule has 0 unspecified atom stereocenters. The fourth-order valence-corrected chi connectivity index (χ4v) is 4.33. The predicted octanol–water partition coefficient (Wildman–Crippen LogP) is 5.88. The van der Waals surface area contributed by atoms with Crippen LogP contribution in [0.2, 0.25) is 10.0 Å². The average molecular weight is 421 g/mol. The number of rotatable bonds is 9. The van der Waals surface area contributed by atoms with Gasteiger partial charge in [-0.2, -0.15) is 0 Å². The van der Waals surface area contributed by atoms with Crippen molar-refractivity contribution in [1.82, 2.24) is 9.80 Å². The molecule has 0 radical (unpaired) electrons. The number of ether oxygens (including phenoxy) is 1. The van der Waals surface area contributed by atoms with Crippen molar-refractivity contribution in [3.8, 4) is 5.75 Å². The molecule has 0 N–H and O–H groups in total. The second-order valence-electron chi connectivity index (χ2n) is 7.51. The number of halogens is 2. The molecule has 1 aliphatic heterocycles. The van der Waals surface area contributed by atoms with Crippen LogP contribution in [0.3, 0.4) is 0 Å². The first-order chi connectivity index (χ1) is 13.7. The minimum Gasteiger partial charge on any atom is -0.495 e. The number of likely N-dealkylation sites (tertiary alicyclic amines) is 1. The van der Waals surface area contributed by atoms with Gasteiger partial charge in [0.1, 0.15) is 10.8 Å². The zero-order chi connectivity index (χ0) is 19.8. The molecule has 1 fully saturated rings. The molecule has 3 rings (SSSR count). The predicted molar refractivity (Wildman–Crippen MR) is 118 cm³/mol. The van der Waals surface area contributed by atoms with Crippen molar-refractivity contribution in [3.05, 3.63) is 63.6 Å². The summed E-state index contributed by atoms with van der Waals surface area (Å²) in [5.41, 5.74) is 2.36. The first-order valence-corrected chi connectivity index (χ1v) is 10.9. The molecule has 1 heterocycles. The number of hydrogen-bond donors (Lipinski definition) is 0. The number of piperidine rings is 1. The van der Waals surface area contributed by atoms with Gasteiger partial charge in [-0.25, -0.2) is 0 Å². The lowest BCUT2D eigenvalue weighted by Crippen LogP contribution is -2.33. The van der Waals surface area contributed by atoms with Crippen molar-refractivity contribution in [1.29, 1.82) is 0 Å². The Morgan fingerprint density at radius 1 is 0.929 bits per heavy atom. The Morgan fingerprint density at radius 2 is 1.68 bits per heavy atom. The molecule has 0 aromatic heterocycles. The van der Waals surface area contributed by atoms with Gasteiger partial charge >= 0.3 is 0 Å². The maximum absolute atomic E-state index is 6.53. The van der Waals surface area contributed by atoms with Crippen LogP contribution in [0.1, 0.15) is 36.8 Å². The Bertz CT molecular complexity index is 733. The van der Waals surface area contributed by atoms with Crippen molar-refractivity contribution in [2.45, 2.75) is 38.8 Å².